The summed E-state index contributed by atoms with van der Waals surface area (Å²) in [6, 6.07) is 0.367. The Bertz CT molecular complexity index is 511. The first-order valence-corrected chi connectivity index (χ1v) is 7.04. The van der Waals surface area contributed by atoms with Crippen molar-refractivity contribution in [1.29, 1.82) is 0 Å². The van der Waals surface area contributed by atoms with Crippen LogP contribution in [0.15, 0.2) is 17.2 Å². The van der Waals surface area contributed by atoms with E-state index in [1.54, 1.807) is 17.0 Å². The molecule has 1 N–H and O–H groups in total. The molecular weight excluding hydrogens is 238 g/mol. The summed E-state index contributed by atoms with van der Waals surface area (Å²) < 4.78 is 1.74. The Balaban J connectivity index is 2.21. The number of nitrogens with zero attached hydrogens (tertiary/aromatic N) is 2. The summed E-state index contributed by atoms with van der Waals surface area (Å²) in [5.74, 6) is 0.486. The fourth-order valence-electron chi connectivity index (χ4n) is 2.79. The van der Waals surface area contributed by atoms with Gasteiger partial charge >= 0.3 is 0 Å². The first kappa shape index (κ1) is 14.1. The van der Waals surface area contributed by atoms with Crippen molar-refractivity contribution in [3.05, 3.63) is 22.7 Å². The third kappa shape index (κ3) is 3.17. The van der Waals surface area contributed by atoms with Crippen LogP contribution in [-0.2, 0) is 5.54 Å². The van der Waals surface area contributed by atoms with E-state index in [9.17, 15) is 4.79 Å². The van der Waals surface area contributed by atoms with Crippen LogP contribution in [0.1, 0.15) is 53.9 Å². The van der Waals surface area contributed by atoms with Gasteiger partial charge < -0.3 is 9.88 Å². The Morgan fingerprint density at radius 3 is 2.63 bits per heavy atom. The minimum absolute atomic E-state index is 0.0280. The van der Waals surface area contributed by atoms with E-state index in [0.717, 1.165) is 12.8 Å². The zero-order chi connectivity index (χ0) is 14.3. The maximum Gasteiger partial charge on any atom is 0.293 e. The molecule has 1 aliphatic rings. The van der Waals surface area contributed by atoms with Gasteiger partial charge in [0, 0.05) is 24.0 Å². The predicted molar refractivity (Wildman–Crippen MR) is 78.5 cm³/mol. The molecule has 1 atom stereocenters. The molecule has 1 aliphatic carbocycles. The van der Waals surface area contributed by atoms with Gasteiger partial charge in [-0.1, -0.05) is 13.8 Å². The second-order valence-electron chi connectivity index (χ2n) is 7.37. The van der Waals surface area contributed by atoms with Gasteiger partial charge in [-0.05, 0) is 45.4 Å². The van der Waals surface area contributed by atoms with E-state index in [1.807, 2.05) is 20.8 Å². The molecule has 4 heteroatoms. The van der Waals surface area contributed by atoms with Crippen LogP contribution < -0.4 is 10.9 Å². The van der Waals surface area contributed by atoms with Gasteiger partial charge in [0.25, 0.3) is 5.56 Å². The lowest BCUT2D eigenvalue weighted by atomic mass is 9.92. The lowest BCUT2D eigenvalue weighted by molar-refractivity contribution is 0.376. The third-order valence-electron chi connectivity index (χ3n) is 3.87. The Morgan fingerprint density at radius 2 is 2.11 bits per heavy atom. The van der Waals surface area contributed by atoms with E-state index in [4.69, 9.17) is 0 Å². The average molecular weight is 263 g/mol. The second kappa shape index (κ2) is 4.66. The van der Waals surface area contributed by atoms with Crippen molar-refractivity contribution in [1.82, 2.24) is 9.55 Å². The number of aromatic nitrogens is 2. The zero-order valence-electron chi connectivity index (χ0n) is 12.7. The fraction of sp³-hybridized carbons (Fsp3) is 0.733. The fourth-order valence-corrected chi connectivity index (χ4v) is 2.79. The molecule has 0 aromatic carbocycles. The summed E-state index contributed by atoms with van der Waals surface area (Å²) in [6.07, 6.45) is 6.86. The molecule has 0 amide bonds. The molecule has 1 heterocycles. The molecule has 0 aliphatic heterocycles. The molecule has 19 heavy (non-hydrogen) atoms. The number of rotatable bonds is 2. The summed E-state index contributed by atoms with van der Waals surface area (Å²) >= 11 is 0. The van der Waals surface area contributed by atoms with Gasteiger partial charge in [-0.2, -0.15) is 0 Å². The van der Waals surface area contributed by atoms with Crippen molar-refractivity contribution in [2.45, 2.75) is 65.5 Å². The highest BCUT2D eigenvalue weighted by Crippen LogP contribution is 2.37. The van der Waals surface area contributed by atoms with Gasteiger partial charge in [-0.3, -0.25) is 4.79 Å². The van der Waals surface area contributed by atoms with Gasteiger partial charge in [0.15, 0.2) is 5.82 Å². The molecule has 1 fully saturated rings. The largest absolute Gasteiger partial charge is 0.363 e. The highest BCUT2D eigenvalue weighted by Gasteiger charge is 2.31. The molecule has 0 spiro atoms. The van der Waals surface area contributed by atoms with Gasteiger partial charge in [0.05, 0.1) is 0 Å². The van der Waals surface area contributed by atoms with Gasteiger partial charge in [-0.15, -0.1) is 0 Å². The summed E-state index contributed by atoms with van der Waals surface area (Å²) in [6.45, 7) is 10.6. The average Bonchev–Trinajstić information content (AvgIpc) is 2.59. The molecule has 1 unspecified atom stereocenters. The van der Waals surface area contributed by atoms with Crippen molar-refractivity contribution >= 4 is 5.82 Å². The van der Waals surface area contributed by atoms with E-state index in [2.05, 4.69) is 24.1 Å². The van der Waals surface area contributed by atoms with Crippen molar-refractivity contribution in [2.24, 2.45) is 5.41 Å². The number of hydrogen-bond acceptors (Lipinski definition) is 3. The quantitative estimate of drug-likeness (QED) is 0.892. The molecule has 0 saturated heterocycles. The Labute approximate surface area is 115 Å². The Kier molecular flexibility index (Phi) is 3.45. The van der Waals surface area contributed by atoms with Gasteiger partial charge in [-0.25, -0.2) is 4.98 Å². The summed E-state index contributed by atoms with van der Waals surface area (Å²) in [5, 5.41) is 3.33. The summed E-state index contributed by atoms with van der Waals surface area (Å²) in [5.41, 5.74) is 0.126. The molecule has 1 aromatic rings. The van der Waals surface area contributed by atoms with Crippen LogP contribution in [0, 0.1) is 5.41 Å². The van der Waals surface area contributed by atoms with Crippen LogP contribution in [0.4, 0.5) is 5.82 Å². The first-order chi connectivity index (χ1) is 8.69. The maximum atomic E-state index is 12.4. The van der Waals surface area contributed by atoms with Crippen LogP contribution in [0.25, 0.3) is 0 Å². The van der Waals surface area contributed by atoms with Crippen molar-refractivity contribution in [2.75, 3.05) is 5.32 Å². The van der Waals surface area contributed by atoms with Crippen LogP contribution >= 0.6 is 0 Å². The minimum atomic E-state index is -0.217. The molecule has 0 bridgehead atoms. The lowest BCUT2D eigenvalue weighted by Crippen LogP contribution is -2.36. The Morgan fingerprint density at radius 1 is 1.42 bits per heavy atom. The first-order valence-electron chi connectivity index (χ1n) is 7.04. The zero-order valence-corrected chi connectivity index (χ0v) is 12.7. The smallest absolute Gasteiger partial charge is 0.293 e. The molecule has 2 rings (SSSR count). The van der Waals surface area contributed by atoms with Crippen LogP contribution in [-0.4, -0.2) is 15.6 Å². The van der Waals surface area contributed by atoms with Gasteiger partial charge in [0.1, 0.15) is 0 Å². The molecule has 4 nitrogen and oxygen atoms in total. The maximum absolute atomic E-state index is 12.4. The molecule has 1 aromatic heterocycles. The monoisotopic (exact) mass is 263 g/mol. The highest BCUT2D eigenvalue weighted by atomic mass is 16.1. The highest BCUT2D eigenvalue weighted by molar-refractivity contribution is 5.33. The normalized spacial score (nSPS) is 22.5. The lowest BCUT2D eigenvalue weighted by Gasteiger charge is -2.23. The SMILES string of the molecule is CC1(C)CCC(Nc2nccn(C(C)(C)C)c2=O)C1. The van der Waals surface area contributed by atoms with Crippen LogP contribution in [0.5, 0.6) is 0 Å². The minimum Gasteiger partial charge on any atom is -0.363 e. The molecular formula is C15H25N3O. The van der Waals surface area contributed by atoms with E-state index in [1.165, 1.54) is 6.42 Å². The van der Waals surface area contributed by atoms with E-state index >= 15 is 0 Å². The Hall–Kier alpha value is -1.32. The number of nitrogens with one attached hydrogen (secondary N) is 1. The van der Waals surface area contributed by atoms with Crippen LogP contribution in [0.3, 0.4) is 0 Å². The third-order valence-corrected chi connectivity index (χ3v) is 3.87. The number of hydrogen-bond donors (Lipinski definition) is 1. The predicted octanol–water partition coefficient (Wildman–Crippen LogP) is 2.99. The van der Waals surface area contributed by atoms with Crippen molar-refractivity contribution in [3.8, 4) is 0 Å². The van der Waals surface area contributed by atoms with E-state index < -0.39 is 0 Å². The summed E-state index contributed by atoms with van der Waals surface area (Å²) in [4.78, 5) is 16.6. The molecule has 1 saturated carbocycles. The van der Waals surface area contributed by atoms with Gasteiger partial charge in [0.2, 0.25) is 0 Å². The van der Waals surface area contributed by atoms with E-state index in [-0.39, 0.29) is 11.1 Å². The van der Waals surface area contributed by atoms with Crippen molar-refractivity contribution < 1.29 is 0 Å². The van der Waals surface area contributed by atoms with E-state index in [0.29, 0.717) is 17.3 Å². The second-order valence-corrected chi connectivity index (χ2v) is 7.37. The van der Waals surface area contributed by atoms with Crippen molar-refractivity contribution in [3.63, 3.8) is 0 Å². The molecule has 0 radical (unpaired) electrons. The summed E-state index contributed by atoms with van der Waals surface area (Å²) in [7, 11) is 0. The molecule has 106 valence electrons. The number of anilines is 1. The van der Waals surface area contributed by atoms with Crippen LogP contribution in [0.2, 0.25) is 0 Å². The standard InChI is InChI=1S/C15H25N3O/c1-14(2,3)18-9-8-16-12(13(18)19)17-11-6-7-15(4,5)10-11/h8-9,11H,6-7,10H2,1-5H3,(H,16,17). The topological polar surface area (TPSA) is 46.9 Å².